The molecule has 71 heavy (non-hydrogen) atoms. The second kappa shape index (κ2) is 27.3. The molecule has 0 spiro atoms. The van der Waals surface area contributed by atoms with Crippen molar-refractivity contribution in [3.8, 4) is 0 Å². The van der Waals surface area contributed by atoms with Crippen LogP contribution in [-0.4, -0.2) is 174 Å². The van der Waals surface area contributed by atoms with E-state index in [4.69, 9.17) is 18.9 Å². The van der Waals surface area contributed by atoms with Crippen LogP contribution in [0.25, 0.3) is 0 Å². The van der Waals surface area contributed by atoms with Gasteiger partial charge < -0.3 is 60.0 Å². The average molecular weight is 1000 g/mol. The van der Waals surface area contributed by atoms with Gasteiger partial charge in [-0.3, -0.25) is 33.6 Å². The van der Waals surface area contributed by atoms with Crippen molar-refractivity contribution in [3.63, 3.8) is 0 Å². The number of aliphatic hydroxyl groups is 1. The van der Waals surface area contributed by atoms with Crippen molar-refractivity contribution in [3.05, 3.63) is 48.2 Å². The lowest BCUT2D eigenvalue weighted by atomic mass is 9.95. The number of carbonyl (C=O) groups is 10. The lowest BCUT2D eigenvalue weighted by molar-refractivity contribution is -0.177. The molecule has 0 radical (unpaired) electrons. The Hall–Kier alpha value is -6.42. The first-order chi connectivity index (χ1) is 33.0. The number of nitrogens with zero attached hydrogens (tertiary/aromatic N) is 3. The zero-order valence-corrected chi connectivity index (χ0v) is 43.6. The van der Waals surface area contributed by atoms with Crippen LogP contribution in [-0.2, 0) is 73.3 Å². The predicted molar refractivity (Wildman–Crippen MR) is 257 cm³/mol. The second-order valence-corrected chi connectivity index (χ2v) is 18.7. The van der Waals surface area contributed by atoms with Gasteiger partial charge in [0.1, 0.15) is 36.0 Å². The van der Waals surface area contributed by atoms with Gasteiger partial charge in [0.2, 0.25) is 29.5 Å². The molecule has 0 unspecified atom stereocenters. The fraction of sp³-hybridized carbons (Fsp3) is 0.633. The Morgan fingerprint density at radius 3 is 1.93 bits per heavy atom. The maximum absolute atomic E-state index is 15.1. The van der Waals surface area contributed by atoms with Crippen LogP contribution in [0.15, 0.2) is 42.6 Å². The largest absolute Gasteiger partial charge is 0.458 e. The summed E-state index contributed by atoms with van der Waals surface area (Å²) in [5.41, 5.74) is 0.0576. The first kappa shape index (κ1) is 60.7. The third kappa shape index (κ3) is 16.3. The lowest BCUT2D eigenvalue weighted by Crippen LogP contribution is -2.64. The molecule has 0 aliphatic carbocycles. The van der Waals surface area contributed by atoms with E-state index in [1.54, 1.807) is 71.9 Å². The average Bonchev–Trinajstić information content (AvgIpc) is 3.32. The Morgan fingerprint density at radius 1 is 0.831 bits per heavy atom. The highest BCUT2D eigenvalue weighted by Gasteiger charge is 2.47. The lowest BCUT2D eigenvalue weighted by Gasteiger charge is -2.39. The Labute approximate surface area is 416 Å². The molecule has 396 valence electrons. The summed E-state index contributed by atoms with van der Waals surface area (Å²) in [6.07, 6.45) is -7.75. The van der Waals surface area contributed by atoms with Crippen LogP contribution in [0.4, 0.5) is 0 Å². The second-order valence-electron chi connectivity index (χ2n) is 18.7. The minimum absolute atomic E-state index is 0.0591. The summed E-state index contributed by atoms with van der Waals surface area (Å²) in [6, 6.07) is -1.31. The molecule has 22 heteroatoms. The molecule has 2 rings (SSSR count). The fourth-order valence-electron chi connectivity index (χ4n) is 7.47. The van der Waals surface area contributed by atoms with Gasteiger partial charge in [-0.2, -0.15) is 0 Å². The number of esters is 3. The Kier molecular flexibility index (Phi) is 23.3. The van der Waals surface area contributed by atoms with Crippen LogP contribution in [0.3, 0.4) is 0 Å². The van der Waals surface area contributed by atoms with E-state index in [1.165, 1.54) is 55.9 Å². The quantitative estimate of drug-likeness (QED) is 0.0957. The summed E-state index contributed by atoms with van der Waals surface area (Å²) in [4.78, 5) is 142. The number of benzene rings is 1. The summed E-state index contributed by atoms with van der Waals surface area (Å²) in [5, 5.41) is 21.0. The van der Waals surface area contributed by atoms with Crippen molar-refractivity contribution in [2.75, 3.05) is 28.3 Å². The van der Waals surface area contributed by atoms with E-state index in [1.807, 2.05) is 0 Å². The standard InChI is InChI=1S/C49H75N7O15/c1-17-34(58)52-35(39(59)24(2)3)47(65)70-40(25(4)5)36-46(64)56(15)38(30(11)68-16)49(67)71-41(26(6)7)37(51-31(12)57)48(66)69-33(23-32-21-19-18-20-22-32)45(63)55(14)28(9)42(60)50-27(8)44(62)54(13)29(10)43(61)53-36/h18-22,24-27,29-30,33,35-41,59H,9,17,23H2,1-8,10-16H3,(H,50,60)(H,51,57)(H,52,58)(H,53,61)/t27-,29-,30+,33+,35-,36-,37+,38-,39+,40+,41+/m0/s1. The summed E-state index contributed by atoms with van der Waals surface area (Å²) in [7, 11) is 4.88. The van der Waals surface area contributed by atoms with E-state index in [0.29, 0.717) is 5.56 Å². The molecular formula is C49H75N7O15. The number of ether oxygens (including phenoxy) is 4. The number of nitrogens with one attached hydrogen (secondary N) is 4. The zero-order valence-electron chi connectivity index (χ0n) is 43.6. The first-order valence-electron chi connectivity index (χ1n) is 23.6. The third-order valence-electron chi connectivity index (χ3n) is 12.2. The van der Waals surface area contributed by atoms with E-state index in [9.17, 15) is 48.3 Å². The van der Waals surface area contributed by atoms with Crippen molar-refractivity contribution in [2.24, 2.45) is 17.8 Å². The molecule has 1 aromatic carbocycles. The molecule has 0 bridgehead atoms. The van der Waals surface area contributed by atoms with Crippen molar-refractivity contribution in [1.82, 2.24) is 36.0 Å². The molecule has 1 aliphatic heterocycles. The van der Waals surface area contributed by atoms with E-state index in [-0.39, 0.29) is 12.8 Å². The molecule has 22 nitrogen and oxygen atoms in total. The highest BCUT2D eigenvalue weighted by molar-refractivity contribution is 6.01. The predicted octanol–water partition coefficient (Wildman–Crippen LogP) is 0.377. The minimum Gasteiger partial charge on any atom is -0.458 e. The summed E-state index contributed by atoms with van der Waals surface area (Å²) >= 11 is 0. The van der Waals surface area contributed by atoms with Gasteiger partial charge in [0.05, 0.1) is 12.2 Å². The van der Waals surface area contributed by atoms with Crippen LogP contribution in [0, 0.1) is 17.8 Å². The number of amides is 7. The number of likely N-dealkylation sites (N-methyl/N-ethyl adjacent to an activating group) is 3. The van der Waals surface area contributed by atoms with Crippen LogP contribution >= 0.6 is 0 Å². The van der Waals surface area contributed by atoms with Gasteiger partial charge >= 0.3 is 17.9 Å². The Morgan fingerprint density at radius 2 is 1.42 bits per heavy atom. The van der Waals surface area contributed by atoms with Gasteiger partial charge in [-0.1, -0.05) is 85.4 Å². The van der Waals surface area contributed by atoms with Crippen LogP contribution < -0.4 is 21.3 Å². The smallest absolute Gasteiger partial charge is 0.333 e. The van der Waals surface area contributed by atoms with Gasteiger partial charge in [-0.25, -0.2) is 14.4 Å². The van der Waals surface area contributed by atoms with Crippen LogP contribution in [0.2, 0.25) is 0 Å². The number of methoxy groups -OCH3 is 1. The molecule has 5 N–H and O–H groups in total. The normalized spacial score (nSPS) is 24.7. The van der Waals surface area contributed by atoms with Crippen molar-refractivity contribution in [2.45, 2.75) is 156 Å². The highest BCUT2D eigenvalue weighted by Crippen LogP contribution is 2.23. The first-order valence-corrected chi connectivity index (χ1v) is 23.6. The topological polar surface area (TPSA) is 286 Å². The molecule has 0 aromatic heterocycles. The molecular weight excluding hydrogens is 927 g/mol. The Bertz CT molecular complexity index is 2100. The van der Waals surface area contributed by atoms with Gasteiger partial charge in [0.25, 0.3) is 11.8 Å². The van der Waals surface area contributed by atoms with Crippen LogP contribution in [0.5, 0.6) is 0 Å². The number of cyclic esters (lactones) is 2. The summed E-state index contributed by atoms with van der Waals surface area (Å²) in [5.74, 6) is -11.8. The SMILES string of the molecule is C=C1C(=O)N[C@@H](C)C(=O)N(C)[C@@H](C)C(=O)N[C@@H]([C@H](OC(=O)[C@@H](NC(=O)CC)[C@H](O)C(C)C)C(C)C)C(=O)N(C)[C@@H]([C@@H](C)OC)C(=O)O[C@H](C(C)C)[C@@H](NC(C)=O)C(=O)O[C@H](Cc2ccccc2)C(=O)N1C. The van der Waals surface area contributed by atoms with E-state index >= 15 is 4.79 Å². The molecule has 7 amide bonds. The summed E-state index contributed by atoms with van der Waals surface area (Å²) < 4.78 is 23.4. The third-order valence-corrected chi connectivity index (χ3v) is 12.2. The zero-order chi connectivity index (χ0) is 54.3. The molecule has 1 aliphatic rings. The monoisotopic (exact) mass is 1000 g/mol. The van der Waals surface area contributed by atoms with Gasteiger partial charge in [-0.05, 0) is 44.1 Å². The minimum atomic E-state index is -1.86. The van der Waals surface area contributed by atoms with Crippen LogP contribution in [0.1, 0.15) is 88.1 Å². The molecule has 1 fully saturated rings. The van der Waals surface area contributed by atoms with Gasteiger partial charge in [0, 0.05) is 48.0 Å². The maximum Gasteiger partial charge on any atom is 0.333 e. The number of aliphatic hydroxyl groups excluding tert-OH is 1. The molecule has 1 aromatic rings. The fourth-order valence-corrected chi connectivity index (χ4v) is 7.47. The number of hydrogen-bond acceptors (Lipinski definition) is 15. The van der Waals surface area contributed by atoms with Crippen molar-refractivity contribution < 1.29 is 72.0 Å². The molecule has 11 atom stereocenters. The molecule has 0 saturated carbocycles. The number of hydrogen-bond donors (Lipinski definition) is 5. The van der Waals surface area contributed by atoms with E-state index in [0.717, 1.165) is 21.6 Å². The number of rotatable bonds is 14. The van der Waals surface area contributed by atoms with E-state index in [2.05, 4.69) is 27.8 Å². The number of carbonyl (C=O) groups excluding carboxylic acids is 10. The van der Waals surface area contributed by atoms with Crippen molar-refractivity contribution in [1.29, 1.82) is 0 Å². The highest BCUT2D eigenvalue weighted by atomic mass is 16.6. The maximum atomic E-state index is 15.1. The van der Waals surface area contributed by atoms with Gasteiger partial charge in [-0.15, -0.1) is 0 Å². The molecule has 1 heterocycles. The van der Waals surface area contributed by atoms with Gasteiger partial charge in [0.15, 0.2) is 24.2 Å². The van der Waals surface area contributed by atoms with Crippen molar-refractivity contribution >= 4 is 59.3 Å². The molecule has 1 saturated heterocycles. The summed E-state index contributed by atoms with van der Waals surface area (Å²) in [6.45, 7) is 19.9. The van der Waals surface area contributed by atoms with E-state index < -0.39 is 149 Å². The Balaban J connectivity index is 2.97.